The topological polar surface area (TPSA) is 32.3 Å². The summed E-state index contributed by atoms with van der Waals surface area (Å²) in [5, 5.41) is 3.51. The highest BCUT2D eigenvalue weighted by Gasteiger charge is 2.25. The maximum atomic E-state index is 12.5. The van der Waals surface area contributed by atoms with Gasteiger partial charge in [-0.25, -0.2) is 0 Å². The van der Waals surface area contributed by atoms with Gasteiger partial charge in [0, 0.05) is 25.6 Å². The molecule has 3 heteroatoms. The standard InChI is InChI=1S/C16H30N2O/c1-13(2)11-18(12-15-8-5-9-17-15)16(19)10-14-6-3-4-7-14/h13-15,17H,3-12H2,1-2H3. The number of hydrogen-bond acceptors (Lipinski definition) is 2. The molecule has 2 rings (SSSR count). The highest BCUT2D eigenvalue weighted by molar-refractivity contribution is 5.76. The fourth-order valence-corrected chi connectivity index (χ4v) is 3.49. The van der Waals surface area contributed by atoms with E-state index < -0.39 is 0 Å². The molecule has 0 spiro atoms. The lowest BCUT2D eigenvalue weighted by Gasteiger charge is -2.28. The summed E-state index contributed by atoms with van der Waals surface area (Å²) in [5.41, 5.74) is 0. The van der Waals surface area contributed by atoms with E-state index in [0.29, 0.717) is 23.8 Å². The molecular formula is C16H30N2O. The zero-order chi connectivity index (χ0) is 13.7. The first-order valence-corrected chi connectivity index (χ1v) is 8.16. The van der Waals surface area contributed by atoms with Gasteiger partial charge in [-0.1, -0.05) is 26.7 Å². The van der Waals surface area contributed by atoms with Crippen LogP contribution in [0.15, 0.2) is 0 Å². The summed E-state index contributed by atoms with van der Waals surface area (Å²) in [4.78, 5) is 14.7. The highest BCUT2D eigenvalue weighted by atomic mass is 16.2. The first-order chi connectivity index (χ1) is 9.15. The fourth-order valence-electron chi connectivity index (χ4n) is 3.49. The number of carbonyl (C=O) groups is 1. The summed E-state index contributed by atoms with van der Waals surface area (Å²) >= 11 is 0. The monoisotopic (exact) mass is 266 g/mol. The molecule has 1 atom stereocenters. The predicted octanol–water partition coefficient (Wildman–Crippen LogP) is 2.80. The van der Waals surface area contributed by atoms with E-state index in [0.717, 1.165) is 26.1 Å². The molecule has 1 saturated carbocycles. The first-order valence-electron chi connectivity index (χ1n) is 8.16. The Morgan fingerprint density at radius 3 is 2.53 bits per heavy atom. The third kappa shape index (κ3) is 4.79. The second kappa shape index (κ2) is 7.28. The van der Waals surface area contributed by atoms with Crippen LogP contribution in [0.2, 0.25) is 0 Å². The van der Waals surface area contributed by atoms with Crippen molar-refractivity contribution >= 4 is 5.91 Å². The van der Waals surface area contributed by atoms with Gasteiger partial charge in [0.2, 0.25) is 5.91 Å². The average molecular weight is 266 g/mol. The molecule has 1 unspecified atom stereocenters. The molecule has 0 bridgehead atoms. The summed E-state index contributed by atoms with van der Waals surface area (Å²) in [5.74, 6) is 1.63. The summed E-state index contributed by atoms with van der Waals surface area (Å²) in [7, 11) is 0. The maximum Gasteiger partial charge on any atom is 0.222 e. The van der Waals surface area contributed by atoms with E-state index in [4.69, 9.17) is 0 Å². The lowest BCUT2D eigenvalue weighted by atomic mass is 10.0. The molecule has 1 saturated heterocycles. The molecule has 1 aliphatic carbocycles. The molecule has 19 heavy (non-hydrogen) atoms. The second-order valence-electron chi connectivity index (χ2n) is 6.84. The van der Waals surface area contributed by atoms with Gasteiger partial charge in [-0.3, -0.25) is 4.79 Å². The Kier molecular flexibility index (Phi) is 5.68. The number of hydrogen-bond donors (Lipinski definition) is 1. The van der Waals surface area contributed by atoms with Crippen molar-refractivity contribution in [2.45, 2.75) is 64.8 Å². The van der Waals surface area contributed by atoms with Crippen molar-refractivity contribution < 1.29 is 4.79 Å². The number of nitrogens with zero attached hydrogens (tertiary/aromatic N) is 1. The van der Waals surface area contributed by atoms with E-state index in [1.807, 2.05) is 0 Å². The van der Waals surface area contributed by atoms with Gasteiger partial charge in [0.1, 0.15) is 0 Å². The van der Waals surface area contributed by atoms with Crippen molar-refractivity contribution in [1.82, 2.24) is 10.2 Å². The average Bonchev–Trinajstić information content (AvgIpc) is 3.00. The number of rotatable bonds is 6. The van der Waals surface area contributed by atoms with Crippen LogP contribution in [0.3, 0.4) is 0 Å². The normalized spacial score (nSPS) is 24.3. The van der Waals surface area contributed by atoms with Crippen LogP contribution in [-0.2, 0) is 4.79 Å². The molecule has 2 aliphatic rings. The minimum atomic E-state index is 0.398. The van der Waals surface area contributed by atoms with Crippen molar-refractivity contribution in [3.63, 3.8) is 0 Å². The number of carbonyl (C=O) groups excluding carboxylic acids is 1. The Morgan fingerprint density at radius 2 is 1.95 bits per heavy atom. The maximum absolute atomic E-state index is 12.5. The van der Waals surface area contributed by atoms with Crippen molar-refractivity contribution in [3.8, 4) is 0 Å². The SMILES string of the molecule is CC(C)CN(CC1CCCN1)C(=O)CC1CCCC1. The number of nitrogens with one attached hydrogen (secondary N) is 1. The molecule has 1 heterocycles. The lowest BCUT2D eigenvalue weighted by Crippen LogP contribution is -2.43. The fraction of sp³-hybridized carbons (Fsp3) is 0.938. The van der Waals surface area contributed by atoms with Crippen molar-refractivity contribution in [1.29, 1.82) is 0 Å². The molecule has 1 N–H and O–H groups in total. The van der Waals surface area contributed by atoms with Crippen LogP contribution in [-0.4, -0.2) is 36.5 Å². The first kappa shape index (κ1) is 14.8. The largest absolute Gasteiger partial charge is 0.341 e. The molecule has 3 nitrogen and oxygen atoms in total. The van der Waals surface area contributed by atoms with Crippen molar-refractivity contribution in [3.05, 3.63) is 0 Å². The predicted molar refractivity (Wildman–Crippen MR) is 79.0 cm³/mol. The molecule has 0 aromatic carbocycles. The highest BCUT2D eigenvalue weighted by Crippen LogP contribution is 2.28. The van der Waals surface area contributed by atoms with E-state index in [-0.39, 0.29) is 0 Å². The van der Waals surface area contributed by atoms with Crippen LogP contribution in [0.5, 0.6) is 0 Å². The number of amides is 1. The van der Waals surface area contributed by atoms with Crippen molar-refractivity contribution in [2.75, 3.05) is 19.6 Å². The van der Waals surface area contributed by atoms with Crippen LogP contribution >= 0.6 is 0 Å². The molecule has 1 amide bonds. The summed E-state index contributed by atoms with van der Waals surface area (Å²) in [6.07, 6.45) is 8.46. The van der Waals surface area contributed by atoms with Gasteiger partial charge < -0.3 is 10.2 Å². The van der Waals surface area contributed by atoms with E-state index in [2.05, 4.69) is 24.1 Å². The minimum Gasteiger partial charge on any atom is -0.341 e. The van der Waals surface area contributed by atoms with Crippen LogP contribution in [0.1, 0.15) is 58.8 Å². The van der Waals surface area contributed by atoms with E-state index in [1.54, 1.807) is 0 Å². The molecule has 110 valence electrons. The van der Waals surface area contributed by atoms with Crippen molar-refractivity contribution in [2.24, 2.45) is 11.8 Å². The van der Waals surface area contributed by atoms with Gasteiger partial charge in [0.15, 0.2) is 0 Å². The Hall–Kier alpha value is -0.570. The van der Waals surface area contributed by atoms with Gasteiger partial charge in [-0.15, -0.1) is 0 Å². The van der Waals surface area contributed by atoms with E-state index in [1.165, 1.54) is 38.5 Å². The zero-order valence-corrected chi connectivity index (χ0v) is 12.7. The van der Waals surface area contributed by atoms with Gasteiger partial charge in [0.25, 0.3) is 0 Å². The lowest BCUT2D eigenvalue weighted by molar-refractivity contribution is -0.133. The van der Waals surface area contributed by atoms with Gasteiger partial charge >= 0.3 is 0 Å². The third-order valence-corrected chi connectivity index (χ3v) is 4.48. The zero-order valence-electron chi connectivity index (χ0n) is 12.7. The molecule has 1 aliphatic heterocycles. The minimum absolute atomic E-state index is 0.398. The quantitative estimate of drug-likeness (QED) is 0.802. The smallest absolute Gasteiger partial charge is 0.222 e. The van der Waals surface area contributed by atoms with Crippen LogP contribution in [0, 0.1) is 11.8 Å². The molecule has 0 aromatic rings. The van der Waals surface area contributed by atoms with E-state index in [9.17, 15) is 4.79 Å². The summed E-state index contributed by atoms with van der Waals surface area (Å²) < 4.78 is 0. The van der Waals surface area contributed by atoms with Crippen LogP contribution < -0.4 is 5.32 Å². The molecule has 0 aromatic heterocycles. The molecular weight excluding hydrogens is 236 g/mol. The van der Waals surface area contributed by atoms with Crippen LogP contribution in [0.4, 0.5) is 0 Å². The third-order valence-electron chi connectivity index (χ3n) is 4.48. The Balaban J connectivity index is 1.84. The molecule has 2 fully saturated rings. The van der Waals surface area contributed by atoms with Gasteiger partial charge in [0.05, 0.1) is 0 Å². The second-order valence-corrected chi connectivity index (χ2v) is 6.84. The Bertz CT molecular complexity index is 278. The van der Waals surface area contributed by atoms with E-state index >= 15 is 0 Å². The summed E-state index contributed by atoms with van der Waals surface area (Å²) in [6, 6.07) is 0.534. The summed E-state index contributed by atoms with van der Waals surface area (Å²) in [6.45, 7) is 7.38. The Labute approximate surface area is 118 Å². The van der Waals surface area contributed by atoms with Gasteiger partial charge in [-0.2, -0.15) is 0 Å². The molecule has 0 radical (unpaired) electrons. The Morgan fingerprint density at radius 1 is 1.21 bits per heavy atom. The van der Waals surface area contributed by atoms with Crippen LogP contribution in [0.25, 0.3) is 0 Å². The van der Waals surface area contributed by atoms with Gasteiger partial charge in [-0.05, 0) is 44.1 Å².